The standard InChI is InChI=1S/C28H28N2O2/c1-18(30-28(32)19-9-3-2-4-10-19)15-26(31)29-17-20-16-25-21-11-5-7-13-23(21)27(20)24-14-8-6-12-22(24)25/h2-14,18,20,25,27H,15-17H2,1H3,(H,29,31)(H,30,32)/t18-,20+,25?,27?/m0/s1. The fourth-order valence-electron chi connectivity index (χ4n) is 5.50. The Bertz CT molecular complexity index is 1090. The molecule has 4 heteroatoms. The van der Waals surface area contributed by atoms with Gasteiger partial charge in [0, 0.05) is 36.4 Å². The van der Waals surface area contributed by atoms with Crippen molar-refractivity contribution in [3.05, 3.63) is 107 Å². The van der Waals surface area contributed by atoms with E-state index in [0.717, 1.165) is 6.42 Å². The third-order valence-corrected chi connectivity index (χ3v) is 6.89. The number of fused-ring (bicyclic) bond motifs is 1. The number of carbonyl (C=O) groups is 2. The van der Waals surface area contributed by atoms with Crippen LogP contribution in [0.5, 0.6) is 0 Å². The molecule has 3 aromatic rings. The van der Waals surface area contributed by atoms with Crippen molar-refractivity contribution < 1.29 is 9.59 Å². The first kappa shape index (κ1) is 20.5. The minimum Gasteiger partial charge on any atom is -0.356 e. The summed E-state index contributed by atoms with van der Waals surface area (Å²) in [5.41, 5.74) is 6.30. The van der Waals surface area contributed by atoms with Gasteiger partial charge in [0.05, 0.1) is 0 Å². The quantitative estimate of drug-likeness (QED) is 0.607. The number of carbonyl (C=O) groups excluding carboxylic acids is 2. The Morgan fingerprint density at radius 2 is 1.41 bits per heavy atom. The van der Waals surface area contributed by atoms with E-state index >= 15 is 0 Å². The van der Waals surface area contributed by atoms with Crippen molar-refractivity contribution in [3.63, 3.8) is 0 Å². The summed E-state index contributed by atoms with van der Waals surface area (Å²) in [6.45, 7) is 2.53. The number of hydrogen-bond acceptors (Lipinski definition) is 2. The van der Waals surface area contributed by atoms with Gasteiger partial charge in [-0.2, -0.15) is 0 Å². The molecule has 0 unspecified atom stereocenters. The average Bonchev–Trinajstić information content (AvgIpc) is 2.83. The lowest BCUT2D eigenvalue weighted by atomic mass is 9.59. The Morgan fingerprint density at radius 3 is 2.03 bits per heavy atom. The van der Waals surface area contributed by atoms with Gasteiger partial charge in [0.1, 0.15) is 0 Å². The summed E-state index contributed by atoms with van der Waals surface area (Å²) in [6.07, 6.45) is 1.33. The SMILES string of the molecule is C[C@@H](CC(=O)NC[C@H]1CC2c3ccccc3C1c1ccccc12)NC(=O)c1ccccc1. The van der Waals surface area contributed by atoms with Crippen molar-refractivity contribution in [2.45, 2.75) is 37.6 Å². The van der Waals surface area contributed by atoms with Crippen molar-refractivity contribution in [3.8, 4) is 0 Å². The van der Waals surface area contributed by atoms with E-state index in [4.69, 9.17) is 0 Å². The largest absolute Gasteiger partial charge is 0.356 e. The van der Waals surface area contributed by atoms with E-state index in [2.05, 4.69) is 59.2 Å². The zero-order chi connectivity index (χ0) is 22.1. The summed E-state index contributed by atoms with van der Waals surface area (Å²) >= 11 is 0. The molecule has 0 spiro atoms. The number of benzene rings is 3. The molecule has 0 saturated heterocycles. The molecule has 0 aromatic heterocycles. The van der Waals surface area contributed by atoms with Gasteiger partial charge in [-0.3, -0.25) is 9.59 Å². The normalized spacial score (nSPS) is 21.2. The molecule has 0 aliphatic heterocycles. The molecule has 0 fully saturated rings. The van der Waals surface area contributed by atoms with Gasteiger partial charge in [-0.15, -0.1) is 0 Å². The van der Waals surface area contributed by atoms with Gasteiger partial charge in [0.2, 0.25) is 5.91 Å². The summed E-state index contributed by atoms with van der Waals surface area (Å²) in [4.78, 5) is 25.0. The molecule has 3 aliphatic rings. The maximum absolute atomic E-state index is 12.6. The van der Waals surface area contributed by atoms with E-state index in [9.17, 15) is 9.59 Å². The predicted octanol–water partition coefficient (Wildman–Crippen LogP) is 4.61. The van der Waals surface area contributed by atoms with Gasteiger partial charge >= 0.3 is 0 Å². The Kier molecular flexibility index (Phi) is 5.52. The summed E-state index contributed by atoms with van der Waals surface area (Å²) in [7, 11) is 0. The van der Waals surface area contributed by atoms with Crippen LogP contribution in [0.3, 0.4) is 0 Å². The molecule has 4 nitrogen and oxygen atoms in total. The number of nitrogens with one attached hydrogen (secondary N) is 2. The van der Waals surface area contributed by atoms with Crippen molar-refractivity contribution >= 4 is 11.8 Å². The summed E-state index contributed by atoms with van der Waals surface area (Å²) in [6, 6.07) is 26.4. The van der Waals surface area contributed by atoms with Gasteiger partial charge in [-0.1, -0.05) is 66.7 Å². The van der Waals surface area contributed by atoms with Crippen LogP contribution in [0.1, 0.15) is 64.2 Å². The lowest BCUT2D eigenvalue weighted by molar-refractivity contribution is -0.121. The van der Waals surface area contributed by atoms with Crippen molar-refractivity contribution in [1.29, 1.82) is 0 Å². The zero-order valence-corrected chi connectivity index (χ0v) is 18.3. The second-order valence-corrected chi connectivity index (χ2v) is 9.03. The first-order valence-corrected chi connectivity index (χ1v) is 11.4. The third-order valence-electron chi connectivity index (χ3n) is 6.89. The Balaban J connectivity index is 1.22. The van der Waals surface area contributed by atoms with Crippen LogP contribution in [0.4, 0.5) is 0 Å². The van der Waals surface area contributed by atoms with Crippen LogP contribution in [0.2, 0.25) is 0 Å². The monoisotopic (exact) mass is 424 g/mol. The van der Waals surface area contributed by atoms with Gasteiger partial charge < -0.3 is 10.6 Å². The maximum Gasteiger partial charge on any atom is 0.251 e. The zero-order valence-electron chi connectivity index (χ0n) is 18.3. The highest BCUT2D eigenvalue weighted by Gasteiger charge is 2.42. The second kappa shape index (κ2) is 8.62. The number of hydrogen-bond donors (Lipinski definition) is 2. The van der Waals surface area contributed by atoms with E-state index in [1.54, 1.807) is 12.1 Å². The molecule has 2 amide bonds. The van der Waals surface area contributed by atoms with Crippen LogP contribution in [0.25, 0.3) is 0 Å². The van der Waals surface area contributed by atoms with Gasteiger partial charge in [-0.25, -0.2) is 0 Å². The predicted molar refractivity (Wildman–Crippen MR) is 126 cm³/mol. The second-order valence-electron chi connectivity index (χ2n) is 9.03. The van der Waals surface area contributed by atoms with E-state index in [1.807, 2.05) is 25.1 Å². The molecular formula is C28H28N2O2. The van der Waals surface area contributed by atoms with Crippen LogP contribution in [0.15, 0.2) is 78.9 Å². The van der Waals surface area contributed by atoms with Crippen LogP contribution in [-0.2, 0) is 4.79 Å². The molecule has 0 saturated carbocycles. The Hall–Kier alpha value is -3.40. The first-order valence-electron chi connectivity index (χ1n) is 11.4. The Labute approximate surface area is 189 Å². The van der Waals surface area contributed by atoms with Gasteiger partial charge in [-0.05, 0) is 53.6 Å². The lowest BCUT2D eigenvalue weighted by Gasteiger charge is -2.45. The molecule has 2 N–H and O–H groups in total. The lowest BCUT2D eigenvalue weighted by Crippen LogP contribution is -2.41. The molecule has 0 radical (unpaired) electrons. The topological polar surface area (TPSA) is 58.2 Å². The average molecular weight is 425 g/mol. The highest BCUT2D eigenvalue weighted by Crippen LogP contribution is 2.55. The van der Waals surface area contributed by atoms with E-state index < -0.39 is 0 Å². The van der Waals surface area contributed by atoms with E-state index in [-0.39, 0.29) is 24.3 Å². The molecule has 0 heterocycles. The molecule has 32 heavy (non-hydrogen) atoms. The maximum atomic E-state index is 12.6. The summed E-state index contributed by atoms with van der Waals surface area (Å²) < 4.78 is 0. The van der Waals surface area contributed by atoms with Crippen molar-refractivity contribution in [1.82, 2.24) is 10.6 Å². The highest BCUT2D eigenvalue weighted by atomic mass is 16.2. The smallest absolute Gasteiger partial charge is 0.251 e. The highest BCUT2D eigenvalue weighted by molar-refractivity contribution is 5.94. The molecule has 2 atom stereocenters. The van der Waals surface area contributed by atoms with Crippen molar-refractivity contribution in [2.24, 2.45) is 5.92 Å². The fraction of sp³-hybridized carbons (Fsp3) is 0.286. The van der Waals surface area contributed by atoms with Crippen molar-refractivity contribution in [2.75, 3.05) is 6.54 Å². The van der Waals surface area contributed by atoms with Crippen LogP contribution >= 0.6 is 0 Å². The molecular weight excluding hydrogens is 396 g/mol. The van der Waals surface area contributed by atoms with Gasteiger partial charge in [0.25, 0.3) is 5.91 Å². The van der Waals surface area contributed by atoms with Crippen LogP contribution in [-0.4, -0.2) is 24.4 Å². The summed E-state index contributed by atoms with van der Waals surface area (Å²) in [5.74, 6) is 0.932. The third kappa shape index (κ3) is 3.81. The van der Waals surface area contributed by atoms with Gasteiger partial charge in [0.15, 0.2) is 0 Å². The number of amides is 2. The summed E-state index contributed by atoms with van der Waals surface area (Å²) in [5, 5.41) is 6.07. The first-order chi connectivity index (χ1) is 15.6. The minimum atomic E-state index is -0.230. The molecule has 6 rings (SSSR count). The molecule has 3 aliphatic carbocycles. The fourth-order valence-corrected chi connectivity index (χ4v) is 5.50. The minimum absolute atomic E-state index is 0.0196. The van der Waals surface area contributed by atoms with Crippen LogP contribution in [0, 0.1) is 5.92 Å². The van der Waals surface area contributed by atoms with E-state index in [0.29, 0.717) is 29.9 Å². The number of rotatable bonds is 6. The molecule has 3 aromatic carbocycles. The van der Waals surface area contributed by atoms with Crippen LogP contribution < -0.4 is 10.6 Å². The Morgan fingerprint density at radius 1 is 0.844 bits per heavy atom. The molecule has 2 bridgehead atoms. The van der Waals surface area contributed by atoms with E-state index in [1.165, 1.54) is 22.3 Å². The molecule has 162 valence electrons.